The van der Waals surface area contributed by atoms with Gasteiger partial charge >= 0.3 is 0 Å². The van der Waals surface area contributed by atoms with Gasteiger partial charge in [-0.1, -0.05) is 60.7 Å². The molecular weight excluding hydrogens is 260 g/mol. The van der Waals surface area contributed by atoms with Gasteiger partial charge < -0.3 is 4.74 Å². The van der Waals surface area contributed by atoms with Crippen molar-refractivity contribution in [3.05, 3.63) is 77.9 Å². The van der Waals surface area contributed by atoms with Crippen molar-refractivity contribution in [3.63, 3.8) is 0 Å². The van der Waals surface area contributed by atoms with Crippen molar-refractivity contribution in [2.24, 2.45) is 0 Å². The van der Waals surface area contributed by atoms with Gasteiger partial charge in [0.05, 0.1) is 12.0 Å². The Morgan fingerprint density at radius 2 is 1.62 bits per heavy atom. The topological polar surface area (TPSA) is 26.3 Å². The quantitative estimate of drug-likeness (QED) is 0.651. The largest absolute Gasteiger partial charge is 0.484 e. The number of carbonyl (C=O) groups excluding carboxylic acids is 1. The predicted molar refractivity (Wildman–Crippen MR) is 82.7 cm³/mol. The van der Waals surface area contributed by atoms with Crippen LogP contribution in [0.1, 0.15) is 28.4 Å². The summed E-state index contributed by atoms with van der Waals surface area (Å²) in [5, 5.41) is 2.05. The standard InChI is InChI=1S/C19H14O2/c20-16-12-18(14-7-2-1-3-8-14)21-17-11-10-13-6-4-5-9-15(13)19(16)17/h1-11,18H,12H2. The minimum Gasteiger partial charge on any atom is -0.484 e. The lowest BCUT2D eigenvalue weighted by Gasteiger charge is -2.26. The Kier molecular flexibility index (Phi) is 2.74. The fraction of sp³-hybridized carbons (Fsp3) is 0.105. The van der Waals surface area contributed by atoms with E-state index >= 15 is 0 Å². The van der Waals surface area contributed by atoms with Crippen LogP contribution in [0.25, 0.3) is 10.8 Å². The van der Waals surface area contributed by atoms with E-state index in [0.717, 1.165) is 21.9 Å². The summed E-state index contributed by atoms with van der Waals surface area (Å²) in [5.41, 5.74) is 1.77. The highest BCUT2D eigenvalue weighted by molar-refractivity contribution is 6.11. The molecule has 0 spiro atoms. The molecule has 0 radical (unpaired) electrons. The zero-order valence-corrected chi connectivity index (χ0v) is 11.5. The molecule has 0 aromatic heterocycles. The summed E-state index contributed by atoms with van der Waals surface area (Å²) < 4.78 is 6.08. The van der Waals surface area contributed by atoms with Crippen LogP contribution in [0.2, 0.25) is 0 Å². The number of Topliss-reactive ketones (excluding diaryl/α,β-unsaturated/α-hetero) is 1. The molecule has 102 valence electrons. The van der Waals surface area contributed by atoms with E-state index in [1.165, 1.54) is 0 Å². The first-order valence-corrected chi connectivity index (χ1v) is 7.09. The van der Waals surface area contributed by atoms with Crippen LogP contribution in [0, 0.1) is 0 Å². The van der Waals surface area contributed by atoms with Gasteiger partial charge in [-0.15, -0.1) is 0 Å². The lowest BCUT2D eigenvalue weighted by Crippen LogP contribution is -2.20. The molecule has 0 bridgehead atoms. The number of rotatable bonds is 1. The zero-order valence-electron chi connectivity index (χ0n) is 11.5. The number of hydrogen-bond donors (Lipinski definition) is 0. The first-order chi connectivity index (χ1) is 10.3. The van der Waals surface area contributed by atoms with Gasteiger partial charge in [-0.05, 0) is 22.4 Å². The zero-order chi connectivity index (χ0) is 14.2. The fourth-order valence-corrected chi connectivity index (χ4v) is 2.96. The summed E-state index contributed by atoms with van der Waals surface area (Å²) in [4.78, 5) is 12.6. The van der Waals surface area contributed by atoms with Gasteiger partial charge in [0.15, 0.2) is 5.78 Å². The van der Waals surface area contributed by atoms with Crippen LogP contribution in [-0.4, -0.2) is 5.78 Å². The van der Waals surface area contributed by atoms with Gasteiger partial charge in [0.2, 0.25) is 0 Å². The molecule has 4 rings (SSSR count). The first kappa shape index (κ1) is 12.2. The van der Waals surface area contributed by atoms with Gasteiger partial charge in [0.25, 0.3) is 0 Å². The minimum absolute atomic E-state index is 0.155. The monoisotopic (exact) mass is 274 g/mol. The SMILES string of the molecule is O=C1CC(c2ccccc2)Oc2ccc3ccccc3c21. The van der Waals surface area contributed by atoms with E-state index in [2.05, 4.69) is 0 Å². The molecule has 2 nitrogen and oxygen atoms in total. The van der Waals surface area contributed by atoms with Gasteiger partial charge in [0, 0.05) is 0 Å². The molecule has 0 saturated carbocycles. The van der Waals surface area contributed by atoms with Gasteiger partial charge in [-0.25, -0.2) is 0 Å². The van der Waals surface area contributed by atoms with Crippen molar-refractivity contribution in [1.29, 1.82) is 0 Å². The van der Waals surface area contributed by atoms with E-state index in [9.17, 15) is 4.79 Å². The average Bonchev–Trinajstić information content (AvgIpc) is 2.55. The Morgan fingerprint density at radius 3 is 2.48 bits per heavy atom. The number of ether oxygens (including phenoxy) is 1. The van der Waals surface area contributed by atoms with E-state index < -0.39 is 0 Å². The van der Waals surface area contributed by atoms with Crippen molar-refractivity contribution in [3.8, 4) is 5.75 Å². The Hall–Kier alpha value is -2.61. The molecule has 0 aliphatic carbocycles. The number of benzene rings is 3. The van der Waals surface area contributed by atoms with E-state index in [4.69, 9.17) is 4.74 Å². The molecule has 1 heterocycles. The fourth-order valence-electron chi connectivity index (χ4n) is 2.96. The van der Waals surface area contributed by atoms with Crippen LogP contribution in [-0.2, 0) is 0 Å². The van der Waals surface area contributed by atoms with Crippen molar-refractivity contribution >= 4 is 16.6 Å². The van der Waals surface area contributed by atoms with Gasteiger partial charge in [0.1, 0.15) is 11.9 Å². The van der Waals surface area contributed by atoms with Crippen LogP contribution in [0.4, 0.5) is 0 Å². The Balaban J connectivity index is 1.83. The molecule has 2 heteroatoms. The highest BCUT2D eigenvalue weighted by atomic mass is 16.5. The summed E-state index contributed by atoms with van der Waals surface area (Å²) in [6.45, 7) is 0. The molecule has 3 aromatic carbocycles. The van der Waals surface area contributed by atoms with Crippen molar-refractivity contribution < 1.29 is 9.53 Å². The maximum Gasteiger partial charge on any atom is 0.171 e. The normalized spacial score (nSPS) is 17.3. The van der Waals surface area contributed by atoms with Crippen LogP contribution < -0.4 is 4.74 Å². The lowest BCUT2D eigenvalue weighted by atomic mass is 9.92. The van der Waals surface area contributed by atoms with E-state index in [1.54, 1.807) is 0 Å². The predicted octanol–water partition coefficient (Wildman–Crippen LogP) is 4.55. The average molecular weight is 274 g/mol. The highest BCUT2D eigenvalue weighted by Gasteiger charge is 2.28. The maximum absolute atomic E-state index is 12.6. The summed E-state index contributed by atoms with van der Waals surface area (Å²) in [6.07, 6.45) is 0.206. The molecular formula is C19H14O2. The molecule has 1 unspecified atom stereocenters. The van der Waals surface area contributed by atoms with E-state index in [-0.39, 0.29) is 11.9 Å². The maximum atomic E-state index is 12.6. The summed E-state index contributed by atoms with van der Waals surface area (Å²) >= 11 is 0. The van der Waals surface area contributed by atoms with Crippen molar-refractivity contribution in [2.45, 2.75) is 12.5 Å². The van der Waals surface area contributed by atoms with Crippen LogP contribution in [0.3, 0.4) is 0 Å². The number of carbonyl (C=O) groups is 1. The second-order valence-electron chi connectivity index (χ2n) is 5.30. The molecule has 21 heavy (non-hydrogen) atoms. The second kappa shape index (κ2) is 4.74. The minimum atomic E-state index is -0.188. The van der Waals surface area contributed by atoms with E-state index in [0.29, 0.717) is 12.2 Å². The van der Waals surface area contributed by atoms with Gasteiger partial charge in [-0.2, -0.15) is 0 Å². The van der Waals surface area contributed by atoms with Gasteiger partial charge in [-0.3, -0.25) is 4.79 Å². The summed E-state index contributed by atoms with van der Waals surface area (Å²) in [5.74, 6) is 0.848. The number of fused-ring (bicyclic) bond motifs is 3. The molecule has 1 atom stereocenters. The smallest absolute Gasteiger partial charge is 0.171 e. The van der Waals surface area contributed by atoms with Crippen LogP contribution in [0.15, 0.2) is 66.7 Å². The van der Waals surface area contributed by atoms with E-state index in [1.807, 2.05) is 66.7 Å². The Bertz CT molecular complexity index is 821. The van der Waals surface area contributed by atoms with Crippen molar-refractivity contribution in [2.75, 3.05) is 0 Å². The third-order valence-corrected chi connectivity index (χ3v) is 3.98. The molecule has 0 N–H and O–H groups in total. The summed E-state index contributed by atoms with van der Waals surface area (Å²) in [6, 6.07) is 21.8. The van der Waals surface area contributed by atoms with Crippen LogP contribution >= 0.6 is 0 Å². The lowest BCUT2D eigenvalue weighted by molar-refractivity contribution is 0.0853. The molecule has 1 aliphatic rings. The third kappa shape index (κ3) is 2.00. The molecule has 1 aliphatic heterocycles. The Labute approximate surface area is 123 Å². The molecule has 0 fully saturated rings. The second-order valence-corrected chi connectivity index (χ2v) is 5.30. The third-order valence-electron chi connectivity index (χ3n) is 3.98. The van der Waals surface area contributed by atoms with Crippen molar-refractivity contribution in [1.82, 2.24) is 0 Å². The molecule has 0 saturated heterocycles. The highest BCUT2D eigenvalue weighted by Crippen LogP contribution is 2.38. The Morgan fingerprint density at radius 1 is 0.857 bits per heavy atom. The number of ketones is 1. The molecule has 0 amide bonds. The first-order valence-electron chi connectivity index (χ1n) is 7.09. The molecule has 3 aromatic rings. The van der Waals surface area contributed by atoms with Crippen LogP contribution in [0.5, 0.6) is 5.75 Å². The number of hydrogen-bond acceptors (Lipinski definition) is 2. The summed E-state index contributed by atoms with van der Waals surface area (Å²) in [7, 11) is 0.